The summed E-state index contributed by atoms with van der Waals surface area (Å²) in [5.74, 6) is 0.828. The van der Waals surface area contributed by atoms with E-state index in [1.54, 1.807) is 0 Å². The molecule has 4 heteroatoms. The lowest BCUT2D eigenvalue weighted by Gasteiger charge is -2.06. The van der Waals surface area contributed by atoms with Crippen LogP contribution in [0.15, 0.2) is 0 Å². The second-order valence-electron chi connectivity index (χ2n) is 3.47. The molecule has 12 heavy (non-hydrogen) atoms. The van der Waals surface area contributed by atoms with Crippen LogP contribution in [0.25, 0.3) is 0 Å². The Bertz CT molecular complexity index is 199. The van der Waals surface area contributed by atoms with Gasteiger partial charge in [-0.1, -0.05) is 13.3 Å². The summed E-state index contributed by atoms with van der Waals surface area (Å²) < 4.78 is 21.4. The summed E-state index contributed by atoms with van der Waals surface area (Å²) in [6, 6.07) is 0. The Morgan fingerprint density at radius 3 is 2.33 bits per heavy atom. The van der Waals surface area contributed by atoms with Crippen LogP contribution in [-0.4, -0.2) is 27.0 Å². The van der Waals surface area contributed by atoms with Crippen molar-refractivity contribution in [2.75, 3.05) is 18.6 Å². The Morgan fingerprint density at radius 1 is 1.33 bits per heavy atom. The molecule has 0 aliphatic carbocycles. The van der Waals surface area contributed by atoms with Gasteiger partial charge in [-0.3, -0.25) is 0 Å². The van der Waals surface area contributed by atoms with Crippen molar-refractivity contribution in [1.82, 2.24) is 0 Å². The van der Waals surface area contributed by atoms with Crippen LogP contribution in [0.2, 0.25) is 0 Å². The van der Waals surface area contributed by atoms with E-state index in [1.807, 2.05) is 0 Å². The Kier molecular flexibility index (Phi) is 5.50. The quantitative estimate of drug-likeness (QED) is 0.635. The molecule has 0 aliphatic rings. The van der Waals surface area contributed by atoms with Crippen LogP contribution >= 0.6 is 0 Å². The van der Waals surface area contributed by atoms with Crippen molar-refractivity contribution < 1.29 is 8.42 Å². The minimum atomic E-state index is -2.76. The average Bonchev–Trinajstić information content (AvgIpc) is 1.96. The predicted molar refractivity (Wildman–Crippen MR) is 51.8 cm³/mol. The van der Waals surface area contributed by atoms with Crippen molar-refractivity contribution in [2.24, 2.45) is 11.7 Å². The fraction of sp³-hybridized carbons (Fsp3) is 1.00. The standard InChI is InChI=1S/C8H19NO2S/c1-8(7-9)5-3-4-6-12(2,10)11/h8H,3-7,9H2,1-2H3. The highest BCUT2D eigenvalue weighted by molar-refractivity contribution is 7.90. The molecule has 0 amide bonds. The van der Waals surface area contributed by atoms with Gasteiger partial charge in [-0.25, -0.2) is 8.42 Å². The average molecular weight is 193 g/mol. The normalized spacial score (nSPS) is 14.6. The van der Waals surface area contributed by atoms with Crippen LogP contribution in [0, 0.1) is 5.92 Å². The van der Waals surface area contributed by atoms with Gasteiger partial charge >= 0.3 is 0 Å². The van der Waals surface area contributed by atoms with Gasteiger partial charge in [-0.15, -0.1) is 0 Å². The first-order valence-corrected chi connectivity index (χ1v) is 6.39. The van der Waals surface area contributed by atoms with E-state index in [0.29, 0.717) is 18.2 Å². The van der Waals surface area contributed by atoms with Gasteiger partial charge in [0.15, 0.2) is 0 Å². The summed E-state index contributed by atoms with van der Waals surface area (Å²) in [7, 11) is -2.76. The Balaban J connectivity index is 3.34. The fourth-order valence-electron chi connectivity index (χ4n) is 0.975. The van der Waals surface area contributed by atoms with E-state index in [-0.39, 0.29) is 0 Å². The van der Waals surface area contributed by atoms with Crippen molar-refractivity contribution in [3.05, 3.63) is 0 Å². The maximum atomic E-state index is 10.7. The van der Waals surface area contributed by atoms with Gasteiger partial charge in [0.2, 0.25) is 0 Å². The molecule has 74 valence electrons. The highest BCUT2D eigenvalue weighted by Gasteiger charge is 2.03. The van der Waals surface area contributed by atoms with Gasteiger partial charge in [0, 0.05) is 12.0 Å². The second-order valence-corrected chi connectivity index (χ2v) is 5.73. The molecule has 0 aromatic rings. The monoisotopic (exact) mass is 193 g/mol. The maximum absolute atomic E-state index is 10.7. The van der Waals surface area contributed by atoms with Gasteiger partial charge in [0.25, 0.3) is 0 Å². The zero-order valence-electron chi connectivity index (χ0n) is 7.91. The van der Waals surface area contributed by atoms with Crippen LogP contribution < -0.4 is 5.73 Å². The first-order chi connectivity index (χ1) is 5.45. The molecule has 0 saturated heterocycles. The first-order valence-electron chi connectivity index (χ1n) is 4.33. The van der Waals surface area contributed by atoms with E-state index in [9.17, 15) is 8.42 Å². The number of rotatable bonds is 6. The zero-order chi connectivity index (χ0) is 9.61. The minimum Gasteiger partial charge on any atom is -0.330 e. The smallest absolute Gasteiger partial charge is 0.147 e. The molecule has 0 aromatic carbocycles. The molecule has 1 atom stereocenters. The molecular weight excluding hydrogens is 174 g/mol. The third-order valence-corrected chi connectivity index (χ3v) is 2.89. The van der Waals surface area contributed by atoms with Crippen LogP contribution in [-0.2, 0) is 9.84 Å². The van der Waals surface area contributed by atoms with Crippen molar-refractivity contribution in [1.29, 1.82) is 0 Å². The third kappa shape index (κ3) is 8.01. The molecule has 0 fully saturated rings. The number of unbranched alkanes of at least 4 members (excludes halogenated alkanes) is 1. The molecule has 3 nitrogen and oxygen atoms in total. The number of hydrogen-bond acceptors (Lipinski definition) is 3. The third-order valence-electron chi connectivity index (χ3n) is 1.86. The van der Waals surface area contributed by atoms with Crippen molar-refractivity contribution >= 4 is 9.84 Å². The molecular formula is C8H19NO2S. The van der Waals surface area contributed by atoms with Crippen LogP contribution in [0.5, 0.6) is 0 Å². The van der Waals surface area contributed by atoms with Crippen LogP contribution in [0.4, 0.5) is 0 Å². The van der Waals surface area contributed by atoms with Crippen molar-refractivity contribution in [3.8, 4) is 0 Å². The lowest BCUT2D eigenvalue weighted by molar-refractivity contribution is 0.514. The number of sulfone groups is 1. The second kappa shape index (κ2) is 5.54. The molecule has 2 N–H and O–H groups in total. The molecule has 1 unspecified atom stereocenters. The van der Waals surface area contributed by atoms with Gasteiger partial charge in [0.05, 0.1) is 0 Å². The Labute approximate surface area is 75.3 Å². The first kappa shape index (κ1) is 11.9. The van der Waals surface area contributed by atoms with Crippen LogP contribution in [0.3, 0.4) is 0 Å². The SMILES string of the molecule is CC(CN)CCCCS(C)(=O)=O. The summed E-state index contributed by atoms with van der Waals surface area (Å²) in [6.07, 6.45) is 4.04. The molecule has 0 aliphatic heterocycles. The molecule has 0 saturated carbocycles. The molecule has 0 bridgehead atoms. The molecule has 0 rings (SSSR count). The molecule has 0 radical (unpaired) electrons. The van der Waals surface area contributed by atoms with Gasteiger partial charge in [-0.2, -0.15) is 0 Å². The van der Waals surface area contributed by atoms with E-state index in [4.69, 9.17) is 5.73 Å². The Hall–Kier alpha value is -0.0900. The van der Waals surface area contributed by atoms with E-state index in [1.165, 1.54) is 6.26 Å². The summed E-state index contributed by atoms with van der Waals surface area (Å²) >= 11 is 0. The molecule has 0 heterocycles. The topological polar surface area (TPSA) is 60.2 Å². The highest BCUT2D eigenvalue weighted by Crippen LogP contribution is 2.06. The van der Waals surface area contributed by atoms with E-state index >= 15 is 0 Å². The Morgan fingerprint density at radius 2 is 1.92 bits per heavy atom. The predicted octanol–water partition coefficient (Wildman–Crippen LogP) is 0.796. The van der Waals surface area contributed by atoms with Gasteiger partial charge in [0.1, 0.15) is 9.84 Å². The summed E-state index contributed by atoms with van der Waals surface area (Å²) in [5, 5.41) is 0. The van der Waals surface area contributed by atoms with Gasteiger partial charge in [-0.05, 0) is 25.3 Å². The summed E-state index contributed by atoms with van der Waals surface area (Å²) in [5.41, 5.74) is 5.42. The number of nitrogens with two attached hydrogens (primary N) is 1. The maximum Gasteiger partial charge on any atom is 0.147 e. The zero-order valence-corrected chi connectivity index (χ0v) is 8.73. The fourth-order valence-corrected chi connectivity index (χ4v) is 1.70. The van der Waals surface area contributed by atoms with E-state index in [0.717, 1.165) is 19.3 Å². The van der Waals surface area contributed by atoms with E-state index < -0.39 is 9.84 Å². The number of hydrogen-bond donors (Lipinski definition) is 1. The van der Waals surface area contributed by atoms with E-state index in [2.05, 4.69) is 6.92 Å². The largest absolute Gasteiger partial charge is 0.330 e. The lowest BCUT2D eigenvalue weighted by Crippen LogP contribution is -2.11. The van der Waals surface area contributed by atoms with Gasteiger partial charge < -0.3 is 5.73 Å². The summed E-state index contributed by atoms with van der Waals surface area (Å²) in [4.78, 5) is 0. The molecule has 0 aromatic heterocycles. The molecule has 0 spiro atoms. The highest BCUT2D eigenvalue weighted by atomic mass is 32.2. The minimum absolute atomic E-state index is 0.310. The van der Waals surface area contributed by atoms with Crippen molar-refractivity contribution in [2.45, 2.75) is 26.2 Å². The lowest BCUT2D eigenvalue weighted by atomic mass is 10.1. The van der Waals surface area contributed by atoms with Crippen molar-refractivity contribution in [3.63, 3.8) is 0 Å². The summed E-state index contributed by atoms with van der Waals surface area (Å²) in [6.45, 7) is 2.78. The van der Waals surface area contributed by atoms with Crippen LogP contribution in [0.1, 0.15) is 26.2 Å².